The van der Waals surface area contributed by atoms with Crippen molar-refractivity contribution in [2.45, 2.75) is 37.4 Å². The van der Waals surface area contributed by atoms with Crippen LogP contribution in [-0.4, -0.2) is 58.6 Å². The largest absolute Gasteiger partial charge is 0.338 e. The van der Waals surface area contributed by atoms with Crippen LogP contribution in [0.4, 0.5) is 0 Å². The van der Waals surface area contributed by atoms with E-state index in [1.807, 2.05) is 23.7 Å². The third-order valence-electron chi connectivity index (χ3n) is 4.85. The Kier molecular flexibility index (Phi) is 6.38. The van der Waals surface area contributed by atoms with Gasteiger partial charge in [-0.1, -0.05) is 36.7 Å². The van der Waals surface area contributed by atoms with E-state index >= 15 is 0 Å². The summed E-state index contributed by atoms with van der Waals surface area (Å²) in [6.45, 7) is 2.67. The first-order chi connectivity index (χ1) is 12.8. The summed E-state index contributed by atoms with van der Waals surface area (Å²) in [6, 6.07) is 5.33. The number of hydrogen-bond donors (Lipinski definition) is 0. The highest BCUT2D eigenvalue weighted by atomic mass is 35.5. The molecule has 0 saturated carbocycles. The fraction of sp³-hybridized carbons (Fsp3) is 0.556. The first-order valence-corrected chi connectivity index (χ1v) is 12.2. The van der Waals surface area contributed by atoms with Crippen molar-refractivity contribution >= 4 is 50.1 Å². The van der Waals surface area contributed by atoms with Gasteiger partial charge in [0.1, 0.15) is 0 Å². The lowest BCUT2D eigenvalue weighted by molar-refractivity contribution is -0.130. The Morgan fingerprint density at radius 3 is 2.89 bits per heavy atom. The number of halogens is 1. The third-order valence-corrected chi connectivity index (χ3v) is 7.85. The highest BCUT2D eigenvalue weighted by molar-refractivity contribution is 7.99. The second-order valence-electron chi connectivity index (χ2n) is 6.87. The van der Waals surface area contributed by atoms with Crippen LogP contribution in [0, 0.1) is 0 Å². The molecule has 0 radical (unpaired) electrons. The van der Waals surface area contributed by atoms with E-state index in [0.717, 1.165) is 29.0 Å². The van der Waals surface area contributed by atoms with Gasteiger partial charge in [-0.3, -0.25) is 4.79 Å². The summed E-state index contributed by atoms with van der Waals surface area (Å²) < 4.78 is 25.6. The molecule has 1 aliphatic rings. The van der Waals surface area contributed by atoms with Gasteiger partial charge in [0, 0.05) is 24.7 Å². The van der Waals surface area contributed by atoms with Gasteiger partial charge in [0.2, 0.25) is 5.91 Å². The minimum atomic E-state index is -3.02. The molecule has 9 heteroatoms. The fourth-order valence-corrected chi connectivity index (χ4v) is 6.12. The zero-order chi connectivity index (χ0) is 19.6. The van der Waals surface area contributed by atoms with E-state index in [1.54, 1.807) is 11.0 Å². The SMILES string of the molecule is CCCCN(C(=O)CSc1nc2cc(Cl)ccc2n1C)C1CCS(=O)(=O)C1. The van der Waals surface area contributed by atoms with E-state index in [-0.39, 0.29) is 29.2 Å². The molecule has 1 amide bonds. The minimum Gasteiger partial charge on any atom is -0.338 e. The zero-order valence-corrected chi connectivity index (χ0v) is 17.9. The molecule has 1 atom stereocenters. The van der Waals surface area contributed by atoms with E-state index in [9.17, 15) is 13.2 Å². The van der Waals surface area contributed by atoms with Crippen LogP contribution in [0.1, 0.15) is 26.2 Å². The number of amides is 1. The van der Waals surface area contributed by atoms with Crippen LogP contribution >= 0.6 is 23.4 Å². The number of benzene rings is 1. The van der Waals surface area contributed by atoms with E-state index in [1.165, 1.54) is 11.8 Å². The number of fused-ring (bicyclic) bond motifs is 1. The van der Waals surface area contributed by atoms with Crippen LogP contribution in [0.5, 0.6) is 0 Å². The van der Waals surface area contributed by atoms with Crippen LogP contribution in [0.25, 0.3) is 11.0 Å². The molecule has 1 aliphatic heterocycles. The van der Waals surface area contributed by atoms with Gasteiger partial charge in [0.05, 0.1) is 28.3 Å². The number of sulfone groups is 1. The summed E-state index contributed by atoms with van der Waals surface area (Å²) in [5.41, 5.74) is 1.75. The van der Waals surface area contributed by atoms with Crippen molar-refractivity contribution in [2.24, 2.45) is 7.05 Å². The van der Waals surface area contributed by atoms with Gasteiger partial charge in [0.15, 0.2) is 15.0 Å². The van der Waals surface area contributed by atoms with Crippen molar-refractivity contribution < 1.29 is 13.2 Å². The van der Waals surface area contributed by atoms with Crippen LogP contribution in [0.2, 0.25) is 5.02 Å². The van der Waals surface area contributed by atoms with Gasteiger partial charge in [-0.15, -0.1) is 0 Å². The molecule has 1 saturated heterocycles. The average Bonchev–Trinajstić information content (AvgIpc) is 3.12. The first-order valence-electron chi connectivity index (χ1n) is 9.05. The third kappa shape index (κ3) is 4.78. The highest BCUT2D eigenvalue weighted by Gasteiger charge is 2.34. The predicted octanol–water partition coefficient (Wildman–Crippen LogP) is 3.13. The molecule has 0 spiro atoms. The molecule has 2 aromatic rings. The lowest BCUT2D eigenvalue weighted by atomic mass is 10.2. The maximum atomic E-state index is 12.9. The summed E-state index contributed by atoms with van der Waals surface area (Å²) in [4.78, 5) is 19.2. The molecule has 1 aromatic carbocycles. The van der Waals surface area contributed by atoms with E-state index in [2.05, 4.69) is 11.9 Å². The van der Waals surface area contributed by atoms with Crippen LogP contribution in [0.3, 0.4) is 0 Å². The maximum absolute atomic E-state index is 12.9. The molecule has 148 valence electrons. The summed E-state index contributed by atoms with van der Waals surface area (Å²) in [7, 11) is -1.11. The summed E-state index contributed by atoms with van der Waals surface area (Å²) >= 11 is 7.40. The highest BCUT2D eigenvalue weighted by Crippen LogP contribution is 2.26. The van der Waals surface area contributed by atoms with Crippen molar-refractivity contribution in [1.29, 1.82) is 0 Å². The maximum Gasteiger partial charge on any atom is 0.233 e. The standard InChI is InChI=1S/C18H24ClN3O3S2/c1-3-4-8-22(14-7-9-27(24,25)12-14)17(23)11-26-18-20-15-10-13(19)5-6-16(15)21(18)2/h5-6,10,14H,3-4,7-9,11-12H2,1-2H3. The van der Waals surface area contributed by atoms with Gasteiger partial charge < -0.3 is 9.47 Å². The Morgan fingerprint density at radius 2 is 2.22 bits per heavy atom. The van der Waals surface area contributed by atoms with Gasteiger partial charge in [0.25, 0.3) is 0 Å². The van der Waals surface area contributed by atoms with E-state index < -0.39 is 9.84 Å². The Labute approximate surface area is 169 Å². The van der Waals surface area contributed by atoms with Gasteiger partial charge in [-0.25, -0.2) is 13.4 Å². The molecule has 0 aliphatic carbocycles. The Hall–Kier alpha value is -1.25. The molecular weight excluding hydrogens is 406 g/mol. The van der Waals surface area contributed by atoms with E-state index in [4.69, 9.17) is 11.6 Å². The molecule has 0 bridgehead atoms. The molecule has 1 fully saturated rings. The number of nitrogens with zero attached hydrogens (tertiary/aromatic N) is 3. The van der Waals surface area contributed by atoms with Crippen molar-refractivity contribution in [3.8, 4) is 0 Å². The second-order valence-corrected chi connectivity index (χ2v) is 10.5. The molecule has 27 heavy (non-hydrogen) atoms. The predicted molar refractivity (Wildman–Crippen MR) is 110 cm³/mol. The van der Waals surface area contributed by atoms with Gasteiger partial charge >= 0.3 is 0 Å². The molecule has 1 aromatic heterocycles. The summed E-state index contributed by atoms with van der Waals surface area (Å²) in [5.74, 6) is 0.468. The van der Waals surface area contributed by atoms with Crippen molar-refractivity contribution in [3.63, 3.8) is 0 Å². The van der Waals surface area contributed by atoms with Crippen LogP contribution in [-0.2, 0) is 21.7 Å². The Balaban J connectivity index is 1.71. The molecule has 0 N–H and O–H groups in total. The van der Waals surface area contributed by atoms with Gasteiger partial charge in [-0.05, 0) is 31.0 Å². The van der Waals surface area contributed by atoms with E-state index in [0.29, 0.717) is 18.0 Å². The zero-order valence-electron chi connectivity index (χ0n) is 15.5. The minimum absolute atomic E-state index is 0.0272. The number of imidazole rings is 1. The molecule has 6 nitrogen and oxygen atoms in total. The van der Waals surface area contributed by atoms with Crippen molar-refractivity contribution in [3.05, 3.63) is 23.2 Å². The molecule has 1 unspecified atom stereocenters. The van der Waals surface area contributed by atoms with Crippen molar-refractivity contribution in [1.82, 2.24) is 14.5 Å². The first kappa shape index (κ1) is 20.5. The smallest absolute Gasteiger partial charge is 0.233 e. The average molecular weight is 430 g/mol. The molecule has 2 heterocycles. The van der Waals surface area contributed by atoms with Crippen LogP contribution in [0.15, 0.2) is 23.4 Å². The number of aryl methyl sites for hydroxylation is 1. The topological polar surface area (TPSA) is 72.3 Å². The number of thioether (sulfide) groups is 1. The fourth-order valence-electron chi connectivity index (χ4n) is 3.35. The quantitative estimate of drug-likeness (QED) is 0.632. The number of rotatable bonds is 7. The summed E-state index contributed by atoms with van der Waals surface area (Å²) in [5, 5.41) is 1.37. The number of aromatic nitrogens is 2. The molecular formula is C18H24ClN3O3S2. The summed E-state index contributed by atoms with van der Waals surface area (Å²) in [6.07, 6.45) is 2.37. The normalized spacial score (nSPS) is 18.9. The number of unbranched alkanes of at least 4 members (excludes halogenated alkanes) is 1. The lowest BCUT2D eigenvalue weighted by Gasteiger charge is -2.28. The number of carbonyl (C=O) groups excluding carboxylic acids is 1. The van der Waals surface area contributed by atoms with Crippen LogP contribution < -0.4 is 0 Å². The van der Waals surface area contributed by atoms with Crippen molar-refractivity contribution in [2.75, 3.05) is 23.8 Å². The molecule has 3 rings (SSSR count). The lowest BCUT2D eigenvalue weighted by Crippen LogP contribution is -2.42. The number of hydrogen-bond acceptors (Lipinski definition) is 5. The monoisotopic (exact) mass is 429 g/mol. The number of carbonyl (C=O) groups is 1. The Bertz CT molecular complexity index is 943. The van der Waals surface area contributed by atoms with Gasteiger partial charge in [-0.2, -0.15) is 0 Å². The Morgan fingerprint density at radius 1 is 1.44 bits per heavy atom. The second kappa shape index (κ2) is 8.41.